The van der Waals surface area contributed by atoms with Crippen LogP contribution in [0.15, 0.2) is 28.2 Å². The second-order valence-electron chi connectivity index (χ2n) is 4.69. The summed E-state index contributed by atoms with van der Waals surface area (Å²) in [6.07, 6.45) is 10.4. The summed E-state index contributed by atoms with van der Waals surface area (Å²) in [7, 11) is 0. The van der Waals surface area contributed by atoms with E-state index in [2.05, 4.69) is 15.4 Å². The number of hydrogen-bond donors (Lipinski definition) is 3. The highest BCUT2D eigenvalue weighted by Crippen LogP contribution is 2.20. The van der Waals surface area contributed by atoms with Crippen molar-refractivity contribution in [1.82, 2.24) is 10.4 Å². The van der Waals surface area contributed by atoms with Gasteiger partial charge in [0.1, 0.15) is 5.84 Å². The smallest absolute Gasteiger partial charge is 0.192 e. The van der Waals surface area contributed by atoms with Gasteiger partial charge in [-0.3, -0.25) is 9.79 Å². The van der Waals surface area contributed by atoms with Crippen LogP contribution in [0.3, 0.4) is 0 Å². The molecule has 1 saturated carbocycles. The summed E-state index contributed by atoms with van der Waals surface area (Å²) >= 11 is 0. The average molecular weight is 248 g/mol. The molecule has 0 aliphatic heterocycles. The number of nitrogens with one attached hydrogen (secondary N) is 2. The van der Waals surface area contributed by atoms with Crippen molar-refractivity contribution < 1.29 is 0 Å². The van der Waals surface area contributed by atoms with E-state index in [-0.39, 0.29) is 11.5 Å². The summed E-state index contributed by atoms with van der Waals surface area (Å²) in [5.41, 5.74) is 2.99. The maximum absolute atomic E-state index is 11.7. The van der Waals surface area contributed by atoms with Gasteiger partial charge in [0.05, 0.1) is 11.6 Å². The van der Waals surface area contributed by atoms with E-state index in [1.54, 1.807) is 12.4 Å². The van der Waals surface area contributed by atoms with E-state index in [0.29, 0.717) is 11.4 Å². The topological polar surface area (TPSA) is 83.3 Å². The predicted molar refractivity (Wildman–Crippen MR) is 72.4 cm³/mol. The Bertz CT molecular complexity index is 458. The third kappa shape index (κ3) is 3.20. The van der Waals surface area contributed by atoms with Crippen molar-refractivity contribution in [1.29, 1.82) is 0 Å². The molecule has 0 spiro atoms. The molecular formula is C13H20N4O. The fourth-order valence-electron chi connectivity index (χ4n) is 2.36. The number of aromatic nitrogens is 1. The molecule has 18 heavy (non-hydrogen) atoms. The summed E-state index contributed by atoms with van der Waals surface area (Å²) in [5.74, 6) is 5.99. The van der Waals surface area contributed by atoms with Gasteiger partial charge in [-0.25, -0.2) is 5.84 Å². The molecule has 5 heteroatoms. The van der Waals surface area contributed by atoms with E-state index in [1.807, 2.05) is 0 Å². The number of aromatic amines is 1. The lowest BCUT2D eigenvalue weighted by Crippen LogP contribution is -2.35. The lowest BCUT2D eigenvalue weighted by Gasteiger charge is -2.12. The van der Waals surface area contributed by atoms with Crippen LogP contribution in [-0.4, -0.2) is 16.9 Å². The summed E-state index contributed by atoms with van der Waals surface area (Å²) in [5, 5.41) is 0. The molecule has 2 rings (SSSR count). The number of nitrogens with zero attached hydrogens (tertiary/aromatic N) is 1. The number of H-pyrrole nitrogens is 1. The Balaban J connectivity index is 2.22. The van der Waals surface area contributed by atoms with Crippen LogP contribution in [0.5, 0.6) is 0 Å². The van der Waals surface area contributed by atoms with Crippen LogP contribution in [-0.2, 0) is 0 Å². The zero-order valence-electron chi connectivity index (χ0n) is 10.5. The fourth-order valence-corrected chi connectivity index (χ4v) is 2.36. The number of pyridine rings is 1. The number of hydrazine groups is 1. The number of rotatable bonds is 2. The molecule has 0 bridgehead atoms. The van der Waals surface area contributed by atoms with Gasteiger partial charge in [0.25, 0.3) is 0 Å². The van der Waals surface area contributed by atoms with Crippen molar-refractivity contribution in [2.24, 2.45) is 10.8 Å². The van der Waals surface area contributed by atoms with Crippen LogP contribution in [0.4, 0.5) is 0 Å². The lowest BCUT2D eigenvalue weighted by molar-refractivity contribution is 0.583. The highest BCUT2D eigenvalue weighted by atomic mass is 16.1. The Morgan fingerprint density at radius 3 is 2.67 bits per heavy atom. The Labute approximate surface area is 106 Å². The summed E-state index contributed by atoms with van der Waals surface area (Å²) in [6, 6.07) is 1.76. The number of amidine groups is 1. The Kier molecular flexibility index (Phi) is 4.52. The number of hydrogen-bond acceptors (Lipinski definition) is 3. The van der Waals surface area contributed by atoms with Gasteiger partial charge >= 0.3 is 0 Å². The molecule has 0 radical (unpaired) electrons. The molecule has 1 fully saturated rings. The molecule has 0 atom stereocenters. The monoisotopic (exact) mass is 248 g/mol. The quantitative estimate of drug-likeness (QED) is 0.242. The van der Waals surface area contributed by atoms with Crippen molar-refractivity contribution in [2.75, 3.05) is 0 Å². The SMILES string of the molecule is NNC(=NC1CCCCCC1)c1c[nH]ccc1=O. The van der Waals surface area contributed by atoms with Crippen LogP contribution in [0, 0.1) is 0 Å². The van der Waals surface area contributed by atoms with Crippen LogP contribution < -0.4 is 16.7 Å². The van der Waals surface area contributed by atoms with E-state index in [0.717, 1.165) is 12.8 Å². The van der Waals surface area contributed by atoms with Gasteiger partial charge in [-0.2, -0.15) is 0 Å². The first kappa shape index (κ1) is 12.8. The summed E-state index contributed by atoms with van der Waals surface area (Å²) in [6.45, 7) is 0. The van der Waals surface area contributed by atoms with Gasteiger partial charge in [0, 0.05) is 18.5 Å². The van der Waals surface area contributed by atoms with Crippen LogP contribution in [0.2, 0.25) is 0 Å². The molecule has 0 amide bonds. The van der Waals surface area contributed by atoms with Crippen molar-refractivity contribution in [3.05, 3.63) is 34.2 Å². The first-order chi connectivity index (χ1) is 8.81. The second-order valence-corrected chi connectivity index (χ2v) is 4.69. The molecule has 1 heterocycles. The molecule has 0 saturated heterocycles. The van der Waals surface area contributed by atoms with Gasteiger partial charge < -0.3 is 10.4 Å². The Morgan fingerprint density at radius 2 is 2.06 bits per heavy atom. The van der Waals surface area contributed by atoms with Crippen LogP contribution in [0.25, 0.3) is 0 Å². The highest BCUT2D eigenvalue weighted by molar-refractivity contribution is 5.98. The maximum Gasteiger partial charge on any atom is 0.192 e. The van der Waals surface area contributed by atoms with Crippen molar-refractivity contribution in [3.8, 4) is 0 Å². The minimum absolute atomic E-state index is 0.0703. The lowest BCUT2D eigenvalue weighted by atomic mass is 10.1. The molecule has 0 aromatic carbocycles. The maximum atomic E-state index is 11.7. The largest absolute Gasteiger partial charge is 0.367 e. The zero-order chi connectivity index (χ0) is 12.8. The molecule has 98 valence electrons. The zero-order valence-corrected chi connectivity index (χ0v) is 10.5. The molecule has 1 aromatic heterocycles. The molecule has 0 unspecified atom stereocenters. The van der Waals surface area contributed by atoms with Gasteiger partial charge in [-0.05, 0) is 12.8 Å². The molecule has 1 aliphatic rings. The van der Waals surface area contributed by atoms with E-state index < -0.39 is 0 Å². The third-order valence-electron chi connectivity index (χ3n) is 3.35. The molecule has 5 nitrogen and oxygen atoms in total. The Hall–Kier alpha value is -1.62. The average Bonchev–Trinajstić information content (AvgIpc) is 2.65. The van der Waals surface area contributed by atoms with Crippen molar-refractivity contribution >= 4 is 5.84 Å². The van der Waals surface area contributed by atoms with Crippen molar-refractivity contribution in [3.63, 3.8) is 0 Å². The van der Waals surface area contributed by atoms with Gasteiger partial charge in [0.15, 0.2) is 5.43 Å². The van der Waals surface area contributed by atoms with Gasteiger partial charge in [-0.15, -0.1) is 0 Å². The molecular weight excluding hydrogens is 228 g/mol. The van der Waals surface area contributed by atoms with E-state index >= 15 is 0 Å². The predicted octanol–water partition coefficient (Wildman–Crippen LogP) is 1.31. The van der Waals surface area contributed by atoms with E-state index in [1.165, 1.54) is 31.7 Å². The van der Waals surface area contributed by atoms with E-state index in [9.17, 15) is 4.79 Å². The Morgan fingerprint density at radius 1 is 1.33 bits per heavy atom. The number of nitrogens with two attached hydrogens (primary N) is 1. The first-order valence-corrected chi connectivity index (χ1v) is 6.53. The van der Waals surface area contributed by atoms with Gasteiger partial charge in [-0.1, -0.05) is 25.7 Å². The standard InChI is InChI=1S/C13H20N4O/c14-17-13(11-9-15-8-7-12(11)18)16-10-5-3-1-2-4-6-10/h7-10H,1-6,14H2,(H,15,18)(H,16,17). The first-order valence-electron chi connectivity index (χ1n) is 6.53. The second kappa shape index (κ2) is 6.35. The normalized spacial score (nSPS) is 18.4. The van der Waals surface area contributed by atoms with Crippen LogP contribution >= 0.6 is 0 Å². The third-order valence-corrected chi connectivity index (χ3v) is 3.35. The fraction of sp³-hybridized carbons (Fsp3) is 0.538. The summed E-state index contributed by atoms with van der Waals surface area (Å²) < 4.78 is 0. The molecule has 4 N–H and O–H groups in total. The van der Waals surface area contributed by atoms with Crippen molar-refractivity contribution in [2.45, 2.75) is 44.6 Å². The van der Waals surface area contributed by atoms with Crippen LogP contribution in [0.1, 0.15) is 44.1 Å². The minimum atomic E-state index is -0.0703. The van der Waals surface area contributed by atoms with Gasteiger partial charge in [0.2, 0.25) is 0 Å². The number of aliphatic imine (C=N–C) groups is 1. The highest BCUT2D eigenvalue weighted by Gasteiger charge is 2.13. The summed E-state index contributed by atoms with van der Waals surface area (Å²) in [4.78, 5) is 19.2. The molecule has 1 aromatic rings. The molecule has 1 aliphatic carbocycles. The minimum Gasteiger partial charge on any atom is -0.367 e. The van der Waals surface area contributed by atoms with E-state index in [4.69, 9.17) is 5.84 Å².